The van der Waals surface area contributed by atoms with E-state index in [0.29, 0.717) is 6.42 Å². The highest BCUT2D eigenvalue weighted by molar-refractivity contribution is 5.83. The SMILES string of the molecule is C[C@@H](Cc1ccccn1)NC(=O)C(C)(C)n1cncn1. The van der Waals surface area contributed by atoms with Crippen LogP contribution in [0.3, 0.4) is 0 Å². The minimum atomic E-state index is -0.769. The summed E-state index contributed by atoms with van der Waals surface area (Å²) in [5.74, 6) is -0.0913. The van der Waals surface area contributed by atoms with Crippen molar-refractivity contribution in [3.05, 3.63) is 42.7 Å². The molecular weight excluding hydrogens is 254 g/mol. The van der Waals surface area contributed by atoms with E-state index in [2.05, 4.69) is 20.4 Å². The van der Waals surface area contributed by atoms with E-state index in [4.69, 9.17) is 0 Å². The smallest absolute Gasteiger partial charge is 0.247 e. The quantitative estimate of drug-likeness (QED) is 0.887. The van der Waals surface area contributed by atoms with E-state index >= 15 is 0 Å². The first-order valence-corrected chi connectivity index (χ1v) is 6.56. The van der Waals surface area contributed by atoms with Crippen LogP contribution in [-0.2, 0) is 16.8 Å². The largest absolute Gasteiger partial charge is 0.351 e. The van der Waals surface area contributed by atoms with Crippen LogP contribution in [0.4, 0.5) is 0 Å². The molecule has 2 aromatic heterocycles. The molecule has 6 heteroatoms. The number of nitrogens with one attached hydrogen (secondary N) is 1. The maximum Gasteiger partial charge on any atom is 0.247 e. The van der Waals surface area contributed by atoms with E-state index in [9.17, 15) is 4.79 Å². The standard InChI is InChI=1S/C14H19N5O/c1-11(8-12-6-4-5-7-16-12)18-13(20)14(2,3)19-10-15-9-17-19/h4-7,9-11H,8H2,1-3H3,(H,18,20)/t11-/m0/s1. The number of nitrogens with zero attached hydrogens (tertiary/aromatic N) is 4. The van der Waals surface area contributed by atoms with Gasteiger partial charge in [0.05, 0.1) is 0 Å². The van der Waals surface area contributed by atoms with Crippen LogP contribution in [0.5, 0.6) is 0 Å². The molecule has 0 saturated carbocycles. The van der Waals surface area contributed by atoms with Gasteiger partial charge in [-0.3, -0.25) is 9.78 Å². The number of amides is 1. The van der Waals surface area contributed by atoms with Crippen molar-refractivity contribution in [3.63, 3.8) is 0 Å². The van der Waals surface area contributed by atoms with Gasteiger partial charge in [0.1, 0.15) is 18.2 Å². The molecule has 2 aromatic rings. The Kier molecular flexibility index (Phi) is 4.12. The fourth-order valence-electron chi connectivity index (χ4n) is 1.88. The molecule has 1 amide bonds. The molecular formula is C14H19N5O. The zero-order valence-corrected chi connectivity index (χ0v) is 11.9. The summed E-state index contributed by atoms with van der Waals surface area (Å²) in [5.41, 5.74) is 0.188. The van der Waals surface area contributed by atoms with Crippen LogP contribution in [0, 0.1) is 0 Å². The molecule has 0 fully saturated rings. The van der Waals surface area contributed by atoms with Gasteiger partial charge in [-0.05, 0) is 32.9 Å². The minimum Gasteiger partial charge on any atom is -0.351 e. The lowest BCUT2D eigenvalue weighted by molar-refractivity contribution is -0.129. The van der Waals surface area contributed by atoms with Gasteiger partial charge in [-0.25, -0.2) is 9.67 Å². The number of aromatic nitrogens is 4. The highest BCUT2D eigenvalue weighted by atomic mass is 16.2. The maximum atomic E-state index is 12.3. The van der Waals surface area contributed by atoms with Crippen LogP contribution in [0.15, 0.2) is 37.1 Å². The zero-order chi connectivity index (χ0) is 14.6. The summed E-state index contributed by atoms with van der Waals surface area (Å²) in [6.45, 7) is 5.58. The van der Waals surface area contributed by atoms with Gasteiger partial charge in [-0.1, -0.05) is 6.07 Å². The van der Waals surface area contributed by atoms with Crippen molar-refractivity contribution in [2.75, 3.05) is 0 Å². The number of pyridine rings is 1. The molecule has 106 valence electrons. The second-order valence-corrected chi connectivity index (χ2v) is 5.30. The predicted octanol–water partition coefficient (Wildman–Crippen LogP) is 1.16. The Morgan fingerprint density at radius 2 is 2.25 bits per heavy atom. The lowest BCUT2D eigenvalue weighted by Gasteiger charge is -2.25. The molecule has 20 heavy (non-hydrogen) atoms. The molecule has 0 aliphatic rings. The Morgan fingerprint density at radius 3 is 2.85 bits per heavy atom. The average molecular weight is 273 g/mol. The highest BCUT2D eigenvalue weighted by Crippen LogP contribution is 2.13. The molecule has 1 N–H and O–H groups in total. The van der Waals surface area contributed by atoms with Crippen LogP contribution in [-0.4, -0.2) is 31.7 Å². The zero-order valence-electron chi connectivity index (χ0n) is 11.9. The second kappa shape index (κ2) is 5.81. The topological polar surface area (TPSA) is 72.7 Å². The van der Waals surface area contributed by atoms with E-state index in [-0.39, 0.29) is 11.9 Å². The van der Waals surface area contributed by atoms with Crippen LogP contribution in [0.25, 0.3) is 0 Å². The maximum absolute atomic E-state index is 12.3. The van der Waals surface area contributed by atoms with Crippen LogP contribution in [0.1, 0.15) is 26.5 Å². The first-order chi connectivity index (χ1) is 9.50. The summed E-state index contributed by atoms with van der Waals surface area (Å²) in [5, 5.41) is 7.02. The van der Waals surface area contributed by atoms with E-state index < -0.39 is 5.54 Å². The van der Waals surface area contributed by atoms with Crippen molar-refractivity contribution in [2.45, 2.75) is 38.8 Å². The second-order valence-electron chi connectivity index (χ2n) is 5.30. The first kappa shape index (κ1) is 14.2. The van der Waals surface area contributed by atoms with Gasteiger partial charge in [-0.15, -0.1) is 0 Å². The van der Waals surface area contributed by atoms with E-state index in [1.807, 2.05) is 39.0 Å². The molecule has 2 heterocycles. The van der Waals surface area contributed by atoms with Gasteiger partial charge in [0.2, 0.25) is 5.91 Å². The van der Waals surface area contributed by atoms with Gasteiger partial charge in [0.25, 0.3) is 0 Å². The lowest BCUT2D eigenvalue weighted by atomic mass is 10.0. The van der Waals surface area contributed by atoms with Crippen LogP contribution < -0.4 is 5.32 Å². The predicted molar refractivity (Wildman–Crippen MR) is 74.9 cm³/mol. The highest BCUT2D eigenvalue weighted by Gasteiger charge is 2.31. The summed E-state index contributed by atoms with van der Waals surface area (Å²) in [6, 6.07) is 5.77. The fourth-order valence-corrected chi connectivity index (χ4v) is 1.88. The van der Waals surface area contributed by atoms with Crippen molar-refractivity contribution in [3.8, 4) is 0 Å². The Labute approximate surface area is 118 Å². The Balaban J connectivity index is 1.97. The Morgan fingerprint density at radius 1 is 1.45 bits per heavy atom. The molecule has 0 aliphatic heterocycles. The number of hydrogen-bond acceptors (Lipinski definition) is 4. The van der Waals surface area contributed by atoms with Gasteiger partial charge in [0.15, 0.2) is 0 Å². The molecule has 0 aliphatic carbocycles. The van der Waals surface area contributed by atoms with Crippen LogP contribution in [0.2, 0.25) is 0 Å². The monoisotopic (exact) mass is 273 g/mol. The van der Waals surface area contributed by atoms with Crippen molar-refractivity contribution in [2.24, 2.45) is 0 Å². The van der Waals surface area contributed by atoms with E-state index in [1.54, 1.807) is 17.2 Å². The summed E-state index contributed by atoms with van der Waals surface area (Å²) < 4.78 is 1.55. The number of hydrogen-bond donors (Lipinski definition) is 1. The van der Waals surface area contributed by atoms with E-state index in [1.165, 1.54) is 6.33 Å². The lowest BCUT2D eigenvalue weighted by Crippen LogP contribution is -2.48. The molecule has 0 saturated heterocycles. The number of rotatable bonds is 5. The Bertz CT molecular complexity index is 550. The van der Waals surface area contributed by atoms with E-state index in [0.717, 1.165) is 5.69 Å². The molecule has 0 unspecified atom stereocenters. The summed E-state index contributed by atoms with van der Waals surface area (Å²) in [4.78, 5) is 20.5. The van der Waals surface area contributed by atoms with Crippen LogP contribution >= 0.6 is 0 Å². The molecule has 6 nitrogen and oxygen atoms in total. The minimum absolute atomic E-state index is 0.000182. The third-order valence-electron chi connectivity index (χ3n) is 3.17. The number of carbonyl (C=O) groups is 1. The third-order valence-corrected chi connectivity index (χ3v) is 3.17. The summed E-state index contributed by atoms with van der Waals surface area (Å²) in [7, 11) is 0. The fraction of sp³-hybridized carbons (Fsp3) is 0.429. The molecule has 1 atom stereocenters. The Hall–Kier alpha value is -2.24. The molecule has 0 spiro atoms. The van der Waals surface area contributed by atoms with Crippen molar-refractivity contribution < 1.29 is 4.79 Å². The van der Waals surface area contributed by atoms with Crippen molar-refractivity contribution in [1.29, 1.82) is 0 Å². The molecule has 2 rings (SSSR count). The molecule has 0 bridgehead atoms. The summed E-state index contributed by atoms with van der Waals surface area (Å²) >= 11 is 0. The summed E-state index contributed by atoms with van der Waals surface area (Å²) in [6.07, 6.45) is 5.42. The number of carbonyl (C=O) groups excluding carboxylic acids is 1. The van der Waals surface area contributed by atoms with Gasteiger partial charge in [-0.2, -0.15) is 5.10 Å². The van der Waals surface area contributed by atoms with Gasteiger partial charge < -0.3 is 5.32 Å². The third kappa shape index (κ3) is 3.20. The molecule has 0 aromatic carbocycles. The molecule has 0 radical (unpaired) electrons. The first-order valence-electron chi connectivity index (χ1n) is 6.56. The average Bonchev–Trinajstić information content (AvgIpc) is 2.94. The van der Waals surface area contributed by atoms with Gasteiger partial charge in [0, 0.05) is 24.4 Å². The normalized spacial score (nSPS) is 12.9. The van der Waals surface area contributed by atoms with Gasteiger partial charge >= 0.3 is 0 Å². The van der Waals surface area contributed by atoms with Crippen molar-refractivity contribution in [1.82, 2.24) is 25.1 Å². The van der Waals surface area contributed by atoms with Crippen molar-refractivity contribution >= 4 is 5.91 Å².